The molecule has 6 nitrogen and oxygen atoms in total. The van der Waals surface area contributed by atoms with Gasteiger partial charge >= 0.3 is 11.6 Å². The van der Waals surface area contributed by atoms with Crippen molar-refractivity contribution in [3.63, 3.8) is 0 Å². The van der Waals surface area contributed by atoms with Gasteiger partial charge in [0.05, 0.1) is 0 Å². The zero-order chi connectivity index (χ0) is 20.2. The maximum absolute atomic E-state index is 11.8. The quantitative estimate of drug-likeness (QED) is 0.475. The molecule has 0 spiro atoms. The van der Waals surface area contributed by atoms with E-state index >= 15 is 0 Å². The summed E-state index contributed by atoms with van der Waals surface area (Å²) in [6.45, 7) is 0.287. The molecule has 144 valence electrons. The number of hydrogen-bond donors (Lipinski definition) is 1. The zero-order valence-corrected chi connectivity index (χ0v) is 15.2. The summed E-state index contributed by atoms with van der Waals surface area (Å²) in [6.07, 6.45) is 0. The van der Waals surface area contributed by atoms with E-state index in [-0.39, 0.29) is 12.2 Å². The number of aromatic carboxylic acids is 1. The van der Waals surface area contributed by atoms with Crippen LogP contribution in [-0.2, 0) is 6.61 Å². The summed E-state index contributed by atoms with van der Waals surface area (Å²) in [5.74, 6) is 0.621. The van der Waals surface area contributed by atoms with Gasteiger partial charge in [-0.2, -0.15) is 0 Å². The molecule has 0 radical (unpaired) electrons. The Hall–Kier alpha value is -4.06. The Morgan fingerprint density at radius 2 is 1.66 bits per heavy atom. The second kappa shape index (κ2) is 7.90. The van der Waals surface area contributed by atoms with Gasteiger partial charge in [-0.1, -0.05) is 30.3 Å². The SMILES string of the molecule is O=C(O)c1cc2ccc(OCc3cccc(Oc4ccccc4)c3)cc2oc1=O. The maximum atomic E-state index is 11.8. The fourth-order valence-electron chi connectivity index (χ4n) is 2.82. The lowest BCUT2D eigenvalue weighted by molar-refractivity contribution is 0.0692. The van der Waals surface area contributed by atoms with Crippen molar-refractivity contribution in [3.05, 3.63) is 100 Å². The molecule has 0 saturated heterocycles. The van der Waals surface area contributed by atoms with Crippen LogP contribution in [0.3, 0.4) is 0 Å². The van der Waals surface area contributed by atoms with E-state index in [4.69, 9.17) is 19.0 Å². The van der Waals surface area contributed by atoms with Gasteiger partial charge in [0.15, 0.2) is 0 Å². The van der Waals surface area contributed by atoms with Crippen molar-refractivity contribution in [1.29, 1.82) is 0 Å². The average Bonchev–Trinajstić information content (AvgIpc) is 2.72. The van der Waals surface area contributed by atoms with Crippen molar-refractivity contribution in [1.82, 2.24) is 0 Å². The first-order valence-electron chi connectivity index (χ1n) is 8.84. The van der Waals surface area contributed by atoms with Crippen molar-refractivity contribution >= 4 is 16.9 Å². The molecule has 0 atom stereocenters. The van der Waals surface area contributed by atoms with Crippen LogP contribution < -0.4 is 15.1 Å². The van der Waals surface area contributed by atoms with Crippen molar-refractivity contribution < 1.29 is 23.8 Å². The molecule has 6 heteroatoms. The molecular weight excluding hydrogens is 372 g/mol. The number of benzene rings is 3. The van der Waals surface area contributed by atoms with Gasteiger partial charge in [-0.25, -0.2) is 9.59 Å². The minimum absolute atomic E-state index is 0.263. The molecule has 4 aromatic rings. The first-order chi connectivity index (χ1) is 14.1. The number of carboxylic acid groups (broad SMARTS) is 1. The molecule has 0 fully saturated rings. The smallest absolute Gasteiger partial charge is 0.351 e. The van der Waals surface area contributed by atoms with Crippen LogP contribution >= 0.6 is 0 Å². The third-order valence-corrected chi connectivity index (χ3v) is 4.22. The van der Waals surface area contributed by atoms with E-state index in [1.165, 1.54) is 6.07 Å². The summed E-state index contributed by atoms with van der Waals surface area (Å²) in [6, 6.07) is 23.2. The van der Waals surface area contributed by atoms with Gasteiger partial charge in [0.25, 0.3) is 0 Å². The standard InChI is InChI=1S/C23H16O6/c24-22(25)20-12-16-9-10-18(13-21(16)29-23(20)26)27-14-15-5-4-8-19(11-15)28-17-6-2-1-3-7-17/h1-13H,14H2,(H,24,25). The Labute approximate surface area is 165 Å². The number of rotatable bonds is 6. The Kier molecular flexibility index (Phi) is 4.99. The van der Waals surface area contributed by atoms with Crippen LogP contribution in [0.25, 0.3) is 11.0 Å². The zero-order valence-electron chi connectivity index (χ0n) is 15.2. The second-order valence-electron chi connectivity index (χ2n) is 6.30. The summed E-state index contributed by atoms with van der Waals surface area (Å²) in [5, 5.41) is 9.52. The van der Waals surface area contributed by atoms with Gasteiger partial charge in [-0.05, 0) is 48.0 Å². The molecule has 1 heterocycles. The van der Waals surface area contributed by atoms with Crippen molar-refractivity contribution in [2.75, 3.05) is 0 Å². The first kappa shape index (κ1) is 18.3. The molecule has 1 aromatic heterocycles. The van der Waals surface area contributed by atoms with Gasteiger partial charge in [-0.15, -0.1) is 0 Å². The first-order valence-corrected chi connectivity index (χ1v) is 8.84. The Balaban J connectivity index is 1.49. The molecule has 0 aliphatic rings. The van der Waals surface area contributed by atoms with Gasteiger partial charge in [0.1, 0.15) is 35.0 Å². The van der Waals surface area contributed by atoms with E-state index in [1.54, 1.807) is 18.2 Å². The van der Waals surface area contributed by atoms with Crippen LogP contribution in [0.5, 0.6) is 17.2 Å². The van der Waals surface area contributed by atoms with E-state index in [2.05, 4.69) is 0 Å². The van der Waals surface area contributed by atoms with E-state index in [1.807, 2.05) is 54.6 Å². The summed E-state index contributed by atoms with van der Waals surface area (Å²) in [4.78, 5) is 22.8. The van der Waals surface area contributed by atoms with Crippen LogP contribution in [-0.4, -0.2) is 11.1 Å². The highest BCUT2D eigenvalue weighted by molar-refractivity contribution is 5.91. The van der Waals surface area contributed by atoms with Gasteiger partial charge in [0, 0.05) is 11.5 Å². The molecule has 4 rings (SSSR count). The predicted molar refractivity (Wildman–Crippen MR) is 107 cm³/mol. The number of carboxylic acids is 1. The van der Waals surface area contributed by atoms with Crippen molar-refractivity contribution in [3.8, 4) is 17.2 Å². The minimum Gasteiger partial charge on any atom is -0.489 e. The topological polar surface area (TPSA) is 86.0 Å². The van der Waals surface area contributed by atoms with Gasteiger partial charge in [0.2, 0.25) is 0 Å². The maximum Gasteiger partial charge on any atom is 0.351 e. The van der Waals surface area contributed by atoms with Gasteiger partial charge in [-0.3, -0.25) is 0 Å². The molecule has 3 aromatic carbocycles. The highest BCUT2D eigenvalue weighted by atomic mass is 16.5. The fraction of sp³-hybridized carbons (Fsp3) is 0.0435. The fourth-order valence-corrected chi connectivity index (χ4v) is 2.82. The van der Waals surface area contributed by atoms with Gasteiger partial charge < -0.3 is 19.0 Å². The lowest BCUT2D eigenvalue weighted by Gasteiger charge is -2.10. The minimum atomic E-state index is -1.32. The Morgan fingerprint density at radius 3 is 2.45 bits per heavy atom. The molecule has 0 saturated carbocycles. The molecule has 1 N–H and O–H groups in total. The van der Waals surface area contributed by atoms with E-state index < -0.39 is 17.2 Å². The molecule has 29 heavy (non-hydrogen) atoms. The molecule has 0 amide bonds. The van der Waals surface area contributed by atoms with Crippen LogP contribution in [0.1, 0.15) is 15.9 Å². The lowest BCUT2D eigenvalue weighted by atomic mass is 10.2. The van der Waals surface area contributed by atoms with Crippen molar-refractivity contribution in [2.24, 2.45) is 0 Å². The van der Waals surface area contributed by atoms with Crippen LogP contribution in [0.4, 0.5) is 0 Å². The Bertz CT molecular complexity index is 1230. The van der Waals surface area contributed by atoms with E-state index in [0.717, 1.165) is 11.3 Å². The molecule has 0 unspecified atom stereocenters. The number of fused-ring (bicyclic) bond motifs is 1. The van der Waals surface area contributed by atoms with Crippen LogP contribution in [0, 0.1) is 0 Å². The van der Waals surface area contributed by atoms with Crippen molar-refractivity contribution in [2.45, 2.75) is 6.61 Å². The van der Waals surface area contributed by atoms with Crippen LogP contribution in [0.15, 0.2) is 88.1 Å². The summed E-state index contributed by atoms with van der Waals surface area (Å²) in [5.41, 5.74) is -0.130. The monoisotopic (exact) mass is 388 g/mol. The van der Waals surface area contributed by atoms with E-state index in [9.17, 15) is 9.59 Å². The average molecular weight is 388 g/mol. The predicted octanol–water partition coefficient (Wildman–Crippen LogP) is 4.86. The normalized spacial score (nSPS) is 10.6. The third-order valence-electron chi connectivity index (χ3n) is 4.22. The molecule has 0 bridgehead atoms. The van der Waals surface area contributed by atoms with E-state index in [0.29, 0.717) is 16.9 Å². The van der Waals surface area contributed by atoms with Crippen LogP contribution in [0.2, 0.25) is 0 Å². The largest absolute Gasteiger partial charge is 0.489 e. The lowest BCUT2D eigenvalue weighted by Crippen LogP contribution is -2.12. The Morgan fingerprint density at radius 1 is 0.862 bits per heavy atom. The number of carbonyl (C=O) groups is 1. The summed E-state index contributed by atoms with van der Waals surface area (Å²) in [7, 11) is 0. The molecular formula is C23H16O6. The molecule has 0 aliphatic heterocycles. The molecule has 0 aliphatic carbocycles. The second-order valence-corrected chi connectivity index (χ2v) is 6.30. The number of ether oxygens (including phenoxy) is 2. The number of para-hydroxylation sites is 1. The summed E-state index contributed by atoms with van der Waals surface area (Å²) >= 11 is 0. The third kappa shape index (κ3) is 4.27. The highest BCUT2D eigenvalue weighted by Crippen LogP contribution is 2.24. The summed E-state index contributed by atoms with van der Waals surface area (Å²) < 4.78 is 16.7. The number of hydrogen-bond acceptors (Lipinski definition) is 5. The highest BCUT2D eigenvalue weighted by Gasteiger charge is 2.12.